The second-order valence-corrected chi connectivity index (χ2v) is 8.02. The molecule has 0 atom stereocenters. The molecule has 3 heterocycles. The van der Waals surface area contributed by atoms with E-state index in [1.54, 1.807) is 37.2 Å². The van der Waals surface area contributed by atoms with E-state index in [-0.39, 0.29) is 11.1 Å². The van der Waals surface area contributed by atoms with E-state index in [0.717, 1.165) is 37.4 Å². The molecule has 1 fully saturated rings. The lowest BCUT2D eigenvalue weighted by Crippen LogP contribution is -2.34. The molecule has 3 N–H and O–H groups in total. The molecule has 180 valence electrons. The molecule has 4 rings (SSSR count). The zero-order valence-electron chi connectivity index (χ0n) is 19.7. The number of carboxylic acid groups (broad SMARTS) is 2. The summed E-state index contributed by atoms with van der Waals surface area (Å²) in [5.41, 5.74) is 3.68. The average Bonchev–Trinajstić information content (AvgIpc) is 2.85. The molecule has 34 heavy (non-hydrogen) atoms. The lowest BCUT2D eigenvalue weighted by Gasteiger charge is -2.36. The molecule has 1 aromatic heterocycles. The molecule has 0 radical (unpaired) electrons. The van der Waals surface area contributed by atoms with Crippen molar-refractivity contribution in [2.45, 2.75) is 26.7 Å². The third-order valence-electron chi connectivity index (χ3n) is 6.00. The minimum Gasteiger partial charge on any atom is -0.478 e. The van der Waals surface area contributed by atoms with Crippen molar-refractivity contribution in [3.8, 4) is 11.1 Å². The first-order valence-corrected chi connectivity index (χ1v) is 11.3. The van der Waals surface area contributed by atoms with E-state index in [4.69, 9.17) is 4.74 Å². The van der Waals surface area contributed by atoms with Crippen molar-refractivity contribution >= 4 is 11.9 Å². The molecule has 0 spiro atoms. The van der Waals surface area contributed by atoms with Crippen molar-refractivity contribution in [2.24, 2.45) is 0 Å². The third-order valence-corrected chi connectivity index (χ3v) is 6.00. The van der Waals surface area contributed by atoms with Crippen LogP contribution >= 0.6 is 0 Å². The maximum absolute atomic E-state index is 12.1. The number of rotatable bonds is 5. The normalized spacial score (nSPS) is 16.7. The Morgan fingerprint density at radius 2 is 1.65 bits per heavy atom. The van der Waals surface area contributed by atoms with Crippen molar-refractivity contribution in [3.63, 3.8) is 0 Å². The summed E-state index contributed by atoms with van der Waals surface area (Å²) in [5, 5.41) is 23.0. The van der Waals surface area contributed by atoms with Crippen molar-refractivity contribution in [1.82, 2.24) is 15.2 Å². The van der Waals surface area contributed by atoms with Crippen LogP contribution in [-0.4, -0.2) is 64.9 Å². The molecule has 0 aliphatic carbocycles. The van der Waals surface area contributed by atoms with Crippen LogP contribution in [0.15, 0.2) is 71.3 Å². The number of carboxylic acids is 2. The summed E-state index contributed by atoms with van der Waals surface area (Å²) >= 11 is 0. The molecule has 0 amide bonds. The van der Waals surface area contributed by atoms with Gasteiger partial charge in [-0.3, -0.25) is 4.98 Å². The number of pyridine rings is 1. The van der Waals surface area contributed by atoms with Gasteiger partial charge >= 0.3 is 11.9 Å². The minimum absolute atomic E-state index is 0.0909. The third kappa shape index (κ3) is 5.52. The fourth-order valence-electron chi connectivity index (χ4n) is 4.42. The van der Waals surface area contributed by atoms with Gasteiger partial charge in [0, 0.05) is 43.4 Å². The maximum Gasteiger partial charge on any atom is 0.334 e. The number of ether oxygens (including phenoxy) is 1. The molecule has 0 bridgehead atoms. The first-order chi connectivity index (χ1) is 16.4. The summed E-state index contributed by atoms with van der Waals surface area (Å²) in [4.78, 5) is 30.1. The van der Waals surface area contributed by atoms with Crippen molar-refractivity contribution in [3.05, 3.63) is 76.9 Å². The number of aliphatic carboxylic acids is 2. The highest BCUT2D eigenvalue weighted by molar-refractivity contribution is 5.98. The monoisotopic (exact) mass is 465 g/mol. The van der Waals surface area contributed by atoms with Gasteiger partial charge in [-0.1, -0.05) is 30.3 Å². The number of aromatic nitrogens is 1. The molecule has 2 aliphatic heterocycles. The lowest BCUT2D eigenvalue weighted by atomic mass is 9.79. The summed E-state index contributed by atoms with van der Waals surface area (Å²) in [7, 11) is 0. The second-order valence-electron chi connectivity index (χ2n) is 8.02. The van der Waals surface area contributed by atoms with Crippen LogP contribution in [0.25, 0.3) is 11.1 Å². The van der Waals surface area contributed by atoms with E-state index in [9.17, 15) is 19.8 Å². The van der Waals surface area contributed by atoms with Crippen molar-refractivity contribution in [2.75, 3.05) is 32.8 Å². The van der Waals surface area contributed by atoms with Crippen LogP contribution in [-0.2, 0) is 14.3 Å². The summed E-state index contributed by atoms with van der Waals surface area (Å²) in [6.45, 7) is 9.66. The van der Waals surface area contributed by atoms with E-state index in [0.29, 0.717) is 23.5 Å². The predicted molar refractivity (Wildman–Crippen MR) is 129 cm³/mol. The Morgan fingerprint density at radius 3 is 2.09 bits per heavy atom. The topological polar surface area (TPSA) is 112 Å². The van der Waals surface area contributed by atoms with E-state index < -0.39 is 17.9 Å². The van der Waals surface area contributed by atoms with Gasteiger partial charge in [-0.15, -0.1) is 0 Å². The quantitative estimate of drug-likeness (QED) is 0.615. The van der Waals surface area contributed by atoms with Gasteiger partial charge in [0.2, 0.25) is 0 Å². The van der Waals surface area contributed by atoms with Crippen LogP contribution < -0.4 is 5.32 Å². The molecular weight excluding hydrogens is 434 g/mol. The van der Waals surface area contributed by atoms with Crippen molar-refractivity contribution < 1.29 is 24.5 Å². The highest BCUT2D eigenvalue weighted by atomic mass is 16.5. The van der Waals surface area contributed by atoms with Gasteiger partial charge in [0.1, 0.15) is 0 Å². The molecule has 2 aliphatic rings. The summed E-state index contributed by atoms with van der Waals surface area (Å²) < 4.78 is 5.01. The van der Waals surface area contributed by atoms with E-state index in [1.807, 2.05) is 37.3 Å². The van der Waals surface area contributed by atoms with E-state index in [1.165, 1.54) is 0 Å². The largest absolute Gasteiger partial charge is 0.478 e. The number of benzene rings is 1. The van der Waals surface area contributed by atoms with Crippen LogP contribution in [0.4, 0.5) is 0 Å². The smallest absolute Gasteiger partial charge is 0.334 e. The molecule has 2 aromatic rings. The van der Waals surface area contributed by atoms with E-state index in [2.05, 4.69) is 10.3 Å². The van der Waals surface area contributed by atoms with Gasteiger partial charge < -0.3 is 25.2 Å². The number of morpholine rings is 1. The van der Waals surface area contributed by atoms with E-state index >= 15 is 0 Å². The van der Waals surface area contributed by atoms with Crippen LogP contribution in [0, 0.1) is 0 Å². The number of hydrogen-bond acceptors (Lipinski definition) is 6. The van der Waals surface area contributed by atoms with Gasteiger partial charge in [0.05, 0.1) is 30.3 Å². The molecule has 1 aromatic carbocycles. The molecule has 0 saturated carbocycles. The predicted octanol–water partition coefficient (Wildman–Crippen LogP) is 3.49. The SMILES string of the molecule is C1COCCN1.CCN1C(C)=C(C(=O)O)C(c2cccc(-c3cccnc3)c2)C(C(=O)O)=C1C. The van der Waals surface area contributed by atoms with Gasteiger partial charge in [0.15, 0.2) is 0 Å². The summed E-state index contributed by atoms with van der Waals surface area (Å²) in [5.74, 6) is -3.08. The van der Waals surface area contributed by atoms with Crippen LogP contribution in [0.5, 0.6) is 0 Å². The molecule has 8 nitrogen and oxygen atoms in total. The number of nitrogens with one attached hydrogen (secondary N) is 1. The number of nitrogens with zero attached hydrogens (tertiary/aromatic N) is 2. The first kappa shape index (κ1) is 25.1. The van der Waals surface area contributed by atoms with Gasteiger partial charge in [-0.25, -0.2) is 9.59 Å². The second kappa shape index (κ2) is 11.6. The van der Waals surface area contributed by atoms with Gasteiger partial charge in [0.25, 0.3) is 0 Å². The molecule has 8 heteroatoms. The maximum atomic E-state index is 12.1. The number of hydrogen-bond donors (Lipinski definition) is 3. The Bertz CT molecular complexity index is 1040. The number of allylic oxidation sites excluding steroid dienone is 2. The van der Waals surface area contributed by atoms with Crippen LogP contribution in [0.1, 0.15) is 32.3 Å². The zero-order valence-corrected chi connectivity index (χ0v) is 19.7. The van der Waals surface area contributed by atoms with Crippen molar-refractivity contribution in [1.29, 1.82) is 0 Å². The molecular formula is C26H31N3O5. The Labute approximate surface area is 199 Å². The average molecular weight is 466 g/mol. The highest BCUT2D eigenvalue weighted by Crippen LogP contribution is 2.42. The summed E-state index contributed by atoms with van der Waals surface area (Å²) in [6, 6.07) is 11.1. The highest BCUT2D eigenvalue weighted by Gasteiger charge is 2.38. The fraction of sp³-hybridized carbons (Fsp3) is 0.346. The minimum atomic E-state index is -1.11. The Morgan fingerprint density at radius 1 is 1.03 bits per heavy atom. The Kier molecular flexibility index (Phi) is 8.56. The molecule has 0 unspecified atom stereocenters. The Balaban J connectivity index is 0.000000469. The van der Waals surface area contributed by atoms with Crippen LogP contribution in [0.3, 0.4) is 0 Å². The standard InChI is InChI=1S/C22H22N2O4.C4H9NO/c1-4-24-13(2)18(21(25)26)20(19(14(24)3)22(27)28)16-8-5-7-15(11-16)17-9-6-10-23-12-17;1-3-6-4-2-5-1/h5-12,20H,4H2,1-3H3,(H,25,26)(H,27,28);5H,1-4H2. The lowest BCUT2D eigenvalue weighted by molar-refractivity contribution is -0.133. The zero-order chi connectivity index (χ0) is 24.7. The van der Waals surface area contributed by atoms with Gasteiger partial charge in [-0.2, -0.15) is 0 Å². The summed E-state index contributed by atoms with van der Waals surface area (Å²) in [6.07, 6.45) is 3.40. The molecule has 1 saturated heterocycles. The van der Waals surface area contributed by atoms with Crippen LogP contribution in [0.2, 0.25) is 0 Å². The number of carbonyl (C=O) groups is 2. The first-order valence-electron chi connectivity index (χ1n) is 11.3. The van der Waals surface area contributed by atoms with Gasteiger partial charge in [-0.05, 0) is 43.5 Å². The fourth-order valence-corrected chi connectivity index (χ4v) is 4.42. The Hall–Kier alpha value is -3.49.